The summed E-state index contributed by atoms with van der Waals surface area (Å²) in [6.07, 6.45) is 2.93. The molecule has 9 nitrogen and oxygen atoms in total. The van der Waals surface area contributed by atoms with Crippen molar-refractivity contribution < 1.29 is 9.72 Å². The summed E-state index contributed by atoms with van der Waals surface area (Å²) in [5.74, 6) is -0.186. The maximum atomic E-state index is 12.1. The van der Waals surface area contributed by atoms with Gasteiger partial charge in [-0.1, -0.05) is 0 Å². The highest BCUT2D eigenvalue weighted by Crippen LogP contribution is 2.15. The average Bonchev–Trinajstić information content (AvgIpc) is 2.96. The van der Waals surface area contributed by atoms with Gasteiger partial charge in [-0.3, -0.25) is 24.3 Å². The summed E-state index contributed by atoms with van der Waals surface area (Å²) in [4.78, 5) is 23.9. The zero-order valence-corrected chi connectivity index (χ0v) is 12.1. The van der Waals surface area contributed by atoms with Gasteiger partial charge < -0.3 is 4.90 Å². The van der Waals surface area contributed by atoms with Gasteiger partial charge in [0.1, 0.15) is 18.4 Å². The third-order valence-electron chi connectivity index (χ3n) is 3.16. The lowest BCUT2D eigenvalue weighted by atomic mass is 10.4. The highest BCUT2D eigenvalue weighted by atomic mass is 16.6. The van der Waals surface area contributed by atoms with Crippen LogP contribution in [0.1, 0.15) is 11.4 Å². The number of nitrogens with zero attached hydrogens (tertiary/aromatic N) is 6. The Kier molecular flexibility index (Phi) is 4.01. The van der Waals surface area contributed by atoms with Crippen LogP contribution < -0.4 is 0 Å². The fourth-order valence-electron chi connectivity index (χ4n) is 1.91. The number of hydrogen-bond donors (Lipinski definition) is 0. The van der Waals surface area contributed by atoms with E-state index in [-0.39, 0.29) is 18.1 Å². The third kappa shape index (κ3) is 3.25. The van der Waals surface area contributed by atoms with Crippen LogP contribution in [-0.2, 0) is 24.9 Å². The average molecular weight is 292 g/mol. The predicted octanol–water partition coefficient (Wildman–Crippen LogP) is 0.492. The van der Waals surface area contributed by atoms with Crippen molar-refractivity contribution in [2.75, 3.05) is 7.05 Å². The van der Waals surface area contributed by atoms with Crippen molar-refractivity contribution in [3.63, 3.8) is 0 Å². The van der Waals surface area contributed by atoms with Gasteiger partial charge in [0, 0.05) is 20.3 Å². The Morgan fingerprint density at radius 2 is 2.24 bits per heavy atom. The molecule has 2 aromatic rings. The second-order valence-electron chi connectivity index (χ2n) is 4.75. The van der Waals surface area contributed by atoms with Crippen molar-refractivity contribution in [2.24, 2.45) is 7.05 Å². The van der Waals surface area contributed by atoms with E-state index in [1.807, 2.05) is 6.07 Å². The molecule has 0 unspecified atom stereocenters. The standard InChI is InChI=1S/C12H16N6O3/c1-9-11(18(20)21)7-17(14-9)8-12(19)15(2)6-10-4-5-13-16(10)3/h4-5,7H,6,8H2,1-3H3. The fraction of sp³-hybridized carbons (Fsp3) is 0.417. The van der Waals surface area contributed by atoms with Crippen LogP contribution in [0.25, 0.3) is 0 Å². The van der Waals surface area contributed by atoms with Crippen LogP contribution in [0.3, 0.4) is 0 Å². The van der Waals surface area contributed by atoms with Crippen molar-refractivity contribution in [3.8, 4) is 0 Å². The smallest absolute Gasteiger partial charge is 0.309 e. The number of likely N-dealkylation sites (N-methyl/N-ethyl adjacent to an activating group) is 1. The van der Waals surface area contributed by atoms with Crippen molar-refractivity contribution in [1.29, 1.82) is 0 Å². The minimum atomic E-state index is -0.511. The van der Waals surface area contributed by atoms with E-state index in [0.29, 0.717) is 12.2 Å². The van der Waals surface area contributed by atoms with E-state index in [1.54, 1.807) is 31.9 Å². The SMILES string of the molecule is Cc1nn(CC(=O)N(C)Cc2ccnn2C)cc1[N+](=O)[O-]. The molecule has 9 heteroatoms. The molecule has 2 aromatic heterocycles. The summed E-state index contributed by atoms with van der Waals surface area (Å²) < 4.78 is 2.97. The number of nitro groups is 1. The highest BCUT2D eigenvalue weighted by molar-refractivity contribution is 5.75. The minimum absolute atomic E-state index is 0.0387. The van der Waals surface area contributed by atoms with Gasteiger partial charge in [-0.2, -0.15) is 10.2 Å². The van der Waals surface area contributed by atoms with E-state index < -0.39 is 4.92 Å². The molecule has 0 saturated heterocycles. The minimum Gasteiger partial charge on any atom is -0.338 e. The normalized spacial score (nSPS) is 10.6. The number of aromatic nitrogens is 4. The van der Waals surface area contributed by atoms with Gasteiger partial charge in [0.05, 0.1) is 17.2 Å². The van der Waals surface area contributed by atoms with Gasteiger partial charge in [-0.05, 0) is 13.0 Å². The fourth-order valence-corrected chi connectivity index (χ4v) is 1.91. The number of rotatable bonds is 5. The lowest BCUT2D eigenvalue weighted by Crippen LogP contribution is -2.30. The van der Waals surface area contributed by atoms with E-state index in [9.17, 15) is 14.9 Å². The largest absolute Gasteiger partial charge is 0.338 e. The molecule has 2 heterocycles. The van der Waals surface area contributed by atoms with E-state index in [4.69, 9.17) is 0 Å². The van der Waals surface area contributed by atoms with Crippen LogP contribution in [0, 0.1) is 17.0 Å². The summed E-state index contributed by atoms with van der Waals surface area (Å²) in [7, 11) is 3.47. The maximum Gasteiger partial charge on any atom is 0.309 e. The molecule has 0 bridgehead atoms. The van der Waals surface area contributed by atoms with Crippen LogP contribution >= 0.6 is 0 Å². The summed E-state index contributed by atoms with van der Waals surface area (Å²) in [6, 6.07) is 1.83. The van der Waals surface area contributed by atoms with Gasteiger partial charge in [-0.25, -0.2) is 0 Å². The maximum absolute atomic E-state index is 12.1. The molecule has 0 saturated carbocycles. The van der Waals surface area contributed by atoms with Crippen LogP contribution in [0.5, 0.6) is 0 Å². The molecule has 0 radical (unpaired) electrons. The van der Waals surface area contributed by atoms with Gasteiger partial charge in [0.2, 0.25) is 5.91 Å². The second-order valence-corrected chi connectivity index (χ2v) is 4.75. The Hall–Kier alpha value is -2.71. The van der Waals surface area contributed by atoms with Gasteiger partial charge in [0.25, 0.3) is 0 Å². The van der Waals surface area contributed by atoms with Crippen molar-refractivity contribution in [3.05, 3.63) is 40.0 Å². The lowest BCUT2D eigenvalue weighted by Gasteiger charge is -2.17. The number of amides is 1. The second kappa shape index (κ2) is 5.73. The quantitative estimate of drug-likeness (QED) is 0.590. The molecular formula is C12H16N6O3. The molecule has 0 aromatic carbocycles. The lowest BCUT2D eigenvalue weighted by molar-refractivity contribution is -0.385. The first kappa shape index (κ1) is 14.7. The molecule has 0 atom stereocenters. The van der Waals surface area contributed by atoms with Crippen LogP contribution in [0.15, 0.2) is 18.5 Å². The number of carbonyl (C=O) groups excluding carboxylic acids is 1. The monoisotopic (exact) mass is 292 g/mol. The Labute approximate surface area is 120 Å². The Morgan fingerprint density at radius 3 is 2.76 bits per heavy atom. The molecule has 0 N–H and O–H groups in total. The molecule has 112 valence electrons. The molecule has 0 spiro atoms. The molecule has 0 fully saturated rings. The van der Waals surface area contributed by atoms with Crippen LogP contribution in [0.2, 0.25) is 0 Å². The highest BCUT2D eigenvalue weighted by Gasteiger charge is 2.18. The zero-order chi connectivity index (χ0) is 15.6. The topological polar surface area (TPSA) is 99.1 Å². The summed E-state index contributed by atoms with van der Waals surface area (Å²) in [5, 5.41) is 18.8. The van der Waals surface area contributed by atoms with E-state index in [0.717, 1.165) is 5.69 Å². The van der Waals surface area contributed by atoms with Gasteiger partial charge in [0.15, 0.2) is 0 Å². The van der Waals surface area contributed by atoms with E-state index >= 15 is 0 Å². The van der Waals surface area contributed by atoms with Gasteiger partial charge in [-0.15, -0.1) is 0 Å². The van der Waals surface area contributed by atoms with E-state index in [2.05, 4.69) is 10.2 Å². The molecule has 21 heavy (non-hydrogen) atoms. The van der Waals surface area contributed by atoms with E-state index in [1.165, 1.54) is 15.8 Å². The molecule has 0 aliphatic carbocycles. The number of carbonyl (C=O) groups is 1. The first-order valence-corrected chi connectivity index (χ1v) is 6.27. The van der Waals surface area contributed by atoms with Gasteiger partial charge >= 0.3 is 5.69 Å². The first-order valence-electron chi connectivity index (χ1n) is 6.27. The zero-order valence-electron chi connectivity index (χ0n) is 12.1. The number of hydrogen-bond acceptors (Lipinski definition) is 5. The Bertz CT molecular complexity index is 674. The van der Waals surface area contributed by atoms with Crippen molar-refractivity contribution >= 4 is 11.6 Å². The predicted molar refractivity (Wildman–Crippen MR) is 73.3 cm³/mol. The molecule has 0 aliphatic rings. The summed E-state index contributed by atoms with van der Waals surface area (Å²) in [6.45, 7) is 1.92. The Morgan fingerprint density at radius 1 is 1.52 bits per heavy atom. The molecule has 1 amide bonds. The molecular weight excluding hydrogens is 276 g/mol. The van der Waals surface area contributed by atoms with Crippen LogP contribution in [0.4, 0.5) is 5.69 Å². The Balaban J connectivity index is 2.02. The third-order valence-corrected chi connectivity index (χ3v) is 3.16. The van der Waals surface area contributed by atoms with Crippen LogP contribution in [-0.4, -0.2) is 42.3 Å². The summed E-state index contributed by atoms with van der Waals surface area (Å²) >= 11 is 0. The summed E-state index contributed by atoms with van der Waals surface area (Å²) in [5.41, 5.74) is 1.10. The molecule has 2 rings (SSSR count). The number of aryl methyl sites for hydroxylation is 2. The van der Waals surface area contributed by atoms with Crippen molar-refractivity contribution in [1.82, 2.24) is 24.5 Å². The van der Waals surface area contributed by atoms with Crippen molar-refractivity contribution in [2.45, 2.75) is 20.0 Å². The molecule has 0 aliphatic heterocycles. The first-order chi connectivity index (χ1) is 9.88.